The number of nitrogens with zero attached hydrogens (tertiary/aromatic N) is 1. The van der Waals surface area contributed by atoms with Gasteiger partial charge in [-0.1, -0.05) is 0 Å². The van der Waals surface area contributed by atoms with E-state index in [1.165, 1.54) is 4.90 Å². The Balaban J connectivity index is 2.38. The molecule has 0 saturated carbocycles. The molecule has 1 aliphatic heterocycles. The van der Waals surface area contributed by atoms with Crippen LogP contribution in [-0.2, 0) is 0 Å². The number of carboxylic acid groups (broad SMARTS) is 1. The number of alkyl halides is 3. The van der Waals surface area contributed by atoms with E-state index in [0.29, 0.717) is 19.4 Å². The van der Waals surface area contributed by atoms with Crippen molar-refractivity contribution in [1.82, 2.24) is 10.2 Å². The monoisotopic (exact) mass is 226 g/mol. The third-order valence-corrected chi connectivity index (χ3v) is 2.24. The number of hydrogen-bond donors (Lipinski definition) is 2. The molecule has 7 heteroatoms. The molecule has 1 aliphatic rings. The van der Waals surface area contributed by atoms with Crippen molar-refractivity contribution >= 4 is 6.09 Å². The van der Waals surface area contributed by atoms with Crippen LogP contribution in [-0.4, -0.2) is 48.0 Å². The molecule has 1 fully saturated rings. The summed E-state index contributed by atoms with van der Waals surface area (Å²) in [5.41, 5.74) is 0. The first kappa shape index (κ1) is 12.1. The van der Waals surface area contributed by atoms with Gasteiger partial charge in [-0.15, -0.1) is 0 Å². The Labute approximate surface area is 85.1 Å². The first-order valence-corrected chi connectivity index (χ1v) is 4.65. The Kier molecular flexibility index (Phi) is 3.78. The van der Waals surface area contributed by atoms with Crippen LogP contribution in [0.4, 0.5) is 18.0 Å². The molecule has 1 atom stereocenters. The molecule has 2 N–H and O–H groups in total. The zero-order valence-electron chi connectivity index (χ0n) is 8.05. The Morgan fingerprint density at radius 1 is 1.53 bits per heavy atom. The summed E-state index contributed by atoms with van der Waals surface area (Å²) in [6.07, 6.45) is -4.22. The minimum atomic E-state index is -4.22. The van der Waals surface area contributed by atoms with Crippen LogP contribution >= 0.6 is 0 Å². The fourth-order valence-electron chi connectivity index (χ4n) is 1.75. The van der Waals surface area contributed by atoms with E-state index in [4.69, 9.17) is 5.11 Å². The molecule has 0 radical (unpaired) electrons. The average molecular weight is 226 g/mol. The Hall–Kier alpha value is -0.980. The fourth-order valence-corrected chi connectivity index (χ4v) is 1.75. The van der Waals surface area contributed by atoms with Gasteiger partial charge in [0.15, 0.2) is 0 Å². The molecule has 0 aliphatic carbocycles. The number of amides is 1. The second-order valence-electron chi connectivity index (χ2n) is 3.64. The van der Waals surface area contributed by atoms with Gasteiger partial charge >= 0.3 is 12.3 Å². The first-order chi connectivity index (χ1) is 6.87. The van der Waals surface area contributed by atoms with Gasteiger partial charge in [0.2, 0.25) is 0 Å². The highest BCUT2D eigenvalue weighted by molar-refractivity contribution is 5.64. The van der Waals surface area contributed by atoms with Crippen LogP contribution in [0.15, 0.2) is 0 Å². The van der Waals surface area contributed by atoms with Crippen molar-refractivity contribution in [2.24, 2.45) is 0 Å². The maximum atomic E-state index is 12.1. The minimum absolute atomic E-state index is 0.131. The lowest BCUT2D eigenvalue weighted by Crippen LogP contribution is -2.49. The second kappa shape index (κ2) is 4.69. The third kappa shape index (κ3) is 4.87. The van der Waals surface area contributed by atoms with Gasteiger partial charge in [-0.3, -0.25) is 4.90 Å². The van der Waals surface area contributed by atoms with E-state index >= 15 is 0 Å². The summed E-state index contributed by atoms with van der Waals surface area (Å²) in [5.74, 6) is 0. The van der Waals surface area contributed by atoms with Gasteiger partial charge in [0.05, 0.1) is 6.54 Å². The third-order valence-electron chi connectivity index (χ3n) is 2.24. The molecule has 0 aromatic heterocycles. The van der Waals surface area contributed by atoms with E-state index in [1.54, 1.807) is 0 Å². The zero-order chi connectivity index (χ0) is 11.5. The molecule has 0 unspecified atom stereocenters. The highest BCUT2D eigenvalue weighted by Gasteiger charge is 2.33. The van der Waals surface area contributed by atoms with Crippen LogP contribution < -0.4 is 5.32 Å². The van der Waals surface area contributed by atoms with E-state index in [1.807, 2.05) is 0 Å². The predicted octanol–water partition coefficient (Wildman–Crippen LogP) is 1.28. The Morgan fingerprint density at radius 2 is 2.20 bits per heavy atom. The molecule has 1 rings (SSSR count). The zero-order valence-corrected chi connectivity index (χ0v) is 8.05. The maximum Gasteiger partial charge on any atom is 0.404 e. The molecule has 15 heavy (non-hydrogen) atoms. The lowest BCUT2D eigenvalue weighted by Gasteiger charge is -2.32. The summed E-state index contributed by atoms with van der Waals surface area (Å²) in [4.78, 5) is 11.5. The fraction of sp³-hybridized carbons (Fsp3) is 0.875. The molecule has 1 amide bonds. The highest BCUT2D eigenvalue weighted by atomic mass is 19.4. The number of halogens is 3. The summed E-state index contributed by atoms with van der Waals surface area (Å²) in [5, 5.41) is 10.6. The Morgan fingerprint density at radius 3 is 2.73 bits per heavy atom. The van der Waals surface area contributed by atoms with Crippen molar-refractivity contribution in [1.29, 1.82) is 0 Å². The molecule has 88 valence electrons. The van der Waals surface area contributed by atoms with Gasteiger partial charge in [-0.25, -0.2) is 4.79 Å². The normalized spacial score (nSPS) is 23.8. The molecule has 1 heterocycles. The topological polar surface area (TPSA) is 52.6 Å². The van der Waals surface area contributed by atoms with E-state index in [0.717, 1.165) is 0 Å². The highest BCUT2D eigenvalue weighted by Crippen LogP contribution is 2.19. The van der Waals surface area contributed by atoms with Crippen molar-refractivity contribution in [2.45, 2.75) is 25.1 Å². The molecule has 0 spiro atoms. The first-order valence-electron chi connectivity index (χ1n) is 4.65. The van der Waals surface area contributed by atoms with E-state index in [9.17, 15) is 18.0 Å². The van der Waals surface area contributed by atoms with Crippen LogP contribution in [0.5, 0.6) is 0 Å². The number of likely N-dealkylation sites (tertiary alicyclic amines) is 1. The number of hydrogen-bond acceptors (Lipinski definition) is 2. The van der Waals surface area contributed by atoms with Crippen molar-refractivity contribution < 1.29 is 23.1 Å². The molecular weight excluding hydrogens is 213 g/mol. The van der Waals surface area contributed by atoms with Crippen molar-refractivity contribution in [3.63, 3.8) is 0 Å². The number of rotatable bonds is 2. The van der Waals surface area contributed by atoms with E-state index < -0.39 is 24.9 Å². The smallest absolute Gasteiger partial charge is 0.404 e. The largest absolute Gasteiger partial charge is 0.465 e. The minimum Gasteiger partial charge on any atom is -0.465 e. The standard InChI is InChI=1S/C8H13F3N2O2/c9-8(10,11)5-13-3-1-2-6(4-13)12-7(14)15/h6,12H,1-5H2,(H,14,15)/t6-/m1/s1. The summed E-state index contributed by atoms with van der Waals surface area (Å²) in [6, 6.07) is -0.390. The number of piperidine rings is 1. The van der Waals surface area contributed by atoms with Crippen molar-refractivity contribution in [3.05, 3.63) is 0 Å². The van der Waals surface area contributed by atoms with Crippen LogP contribution in [0.3, 0.4) is 0 Å². The summed E-state index contributed by atoms with van der Waals surface area (Å²) >= 11 is 0. The molecule has 0 aromatic rings. The van der Waals surface area contributed by atoms with E-state index in [-0.39, 0.29) is 6.54 Å². The van der Waals surface area contributed by atoms with Crippen LogP contribution in [0, 0.1) is 0 Å². The van der Waals surface area contributed by atoms with Gasteiger partial charge in [0.25, 0.3) is 0 Å². The van der Waals surface area contributed by atoms with Gasteiger partial charge in [0.1, 0.15) is 0 Å². The van der Waals surface area contributed by atoms with Crippen LogP contribution in [0.1, 0.15) is 12.8 Å². The molecule has 0 aromatic carbocycles. The van der Waals surface area contributed by atoms with Crippen molar-refractivity contribution in [3.8, 4) is 0 Å². The molecule has 0 bridgehead atoms. The number of carbonyl (C=O) groups is 1. The molecule has 1 saturated heterocycles. The molecule has 4 nitrogen and oxygen atoms in total. The van der Waals surface area contributed by atoms with Crippen LogP contribution in [0.2, 0.25) is 0 Å². The van der Waals surface area contributed by atoms with Gasteiger partial charge in [-0.05, 0) is 19.4 Å². The number of nitrogens with one attached hydrogen (secondary N) is 1. The second-order valence-corrected chi connectivity index (χ2v) is 3.64. The quantitative estimate of drug-likeness (QED) is 0.745. The van der Waals surface area contributed by atoms with Gasteiger partial charge in [0, 0.05) is 12.6 Å². The summed E-state index contributed by atoms with van der Waals surface area (Å²) < 4.78 is 36.2. The average Bonchev–Trinajstić information content (AvgIpc) is 1.99. The van der Waals surface area contributed by atoms with Gasteiger partial charge < -0.3 is 10.4 Å². The summed E-state index contributed by atoms with van der Waals surface area (Å²) in [6.45, 7) is -0.464. The summed E-state index contributed by atoms with van der Waals surface area (Å²) in [7, 11) is 0. The predicted molar refractivity (Wildman–Crippen MR) is 46.7 cm³/mol. The molecular formula is C8H13F3N2O2. The maximum absolute atomic E-state index is 12.1. The van der Waals surface area contributed by atoms with Crippen LogP contribution in [0.25, 0.3) is 0 Å². The Bertz CT molecular complexity index is 232. The lowest BCUT2D eigenvalue weighted by atomic mass is 10.1. The van der Waals surface area contributed by atoms with Crippen molar-refractivity contribution in [2.75, 3.05) is 19.6 Å². The SMILES string of the molecule is O=C(O)N[C@@H]1CCCN(CC(F)(F)F)C1. The van der Waals surface area contributed by atoms with Gasteiger partial charge in [-0.2, -0.15) is 13.2 Å². The lowest BCUT2D eigenvalue weighted by molar-refractivity contribution is -0.148. The van der Waals surface area contributed by atoms with E-state index in [2.05, 4.69) is 5.32 Å².